The highest BCUT2D eigenvalue weighted by atomic mass is 35.5. The molecule has 0 saturated carbocycles. The summed E-state index contributed by atoms with van der Waals surface area (Å²) >= 11 is 5.76. The van der Waals surface area contributed by atoms with Gasteiger partial charge in [-0.1, -0.05) is 16.8 Å². The Labute approximate surface area is 111 Å². The molecule has 0 spiro atoms. The van der Waals surface area contributed by atoms with Gasteiger partial charge in [0, 0.05) is 5.02 Å². The van der Waals surface area contributed by atoms with Crippen LogP contribution in [-0.4, -0.2) is 13.3 Å². The highest BCUT2D eigenvalue weighted by Gasteiger charge is 1.93. The molecular formula is C14H12ClNO2. The Kier molecular flexibility index (Phi) is 4.20. The molecule has 0 N–H and O–H groups in total. The maximum Gasteiger partial charge on any atom is 0.158 e. The van der Waals surface area contributed by atoms with Crippen LogP contribution in [0.25, 0.3) is 0 Å². The molecule has 0 aromatic heterocycles. The summed E-state index contributed by atoms with van der Waals surface area (Å²) in [7, 11) is 1.63. The van der Waals surface area contributed by atoms with E-state index in [1.54, 1.807) is 37.6 Å². The minimum absolute atomic E-state index is 0.643. The maximum atomic E-state index is 5.76. The van der Waals surface area contributed by atoms with Crippen LogP contribution in [0.15, 0.2) is 53.7 Å². The Balaban J connectivity index is 1.96. The van der Waals surface area contributed by atoms with Gasteiger partial charge in [0.05, 0.1) is 13.3 Å². The zero-order valence-electron chi connectivity index (χ0n) is 9.84. The van der Waals surface area contributed by atoms with Crippen molar-refractivity contribution in [3.05, 3.63) is 59.1 Å². The van der Waals surface area contributed by atoms with E-state index in [1.165, 1.54) is 0 Å². The molecule has 0 radical (unpaired) electrons. The average Bonchev–Trinajstić information content (AvgIpc) is 2.42. The molecule has 0 heterocycles. The molecule has 18 heavy (non-hydrogen) atoms. The van der Waals surface area contributed by atoms with Crippen LogP contribution in [0.2, 0.25) is 5.02 Å². The molecule has 0 atom stereocenters. The van der Waals surface area contributed by atoms with Crippen LogP contribution in [0.1, 0.15) is 5.56 Å². The van der Waals surface area contributed by atoms with Crippen molar-refractivity contribution in [1.82, 2.24) is 0 Å². The van der Waals surface area contributed by atoms with Crippen molar-refractivity contribution in [2.24, 2.45) is 5.16 Å². The number of hydrogen-bond acceptors (Lipinski definition) is 3. The Bertz CT molecular complexity index is 520. The molecule has 0 amide bonds. The van der Waals surface area contributed by atoms with Crippen LogP contribution in [-0.2, 0) is 0 Å². The highest BCUT2D eigenvalue weighted by Crippen LogP contribution is 2.15. The smallest absolute Gasteiger partial charge is 0.158 e. The average molecular weight is 262 g/mol. The van der Waals surface area contributed by atoms with E-state index in [0.717, 1.165) is 11.3 Å². The van der Waals surface area contributed by atoms with Gasteiger partial charge in [-0.05, 0) is 54.1 Å². The zero-order chi connectivity index (χ0) is 12.8. The first-order valence-corrected chi connectivity index (χ1v) is 5.76. The van der Waals surface area contributed by atoms with Crippen LogP contribution in [0, 0.1) is 0 Å². The van der Waals surface area contributed by atoms with Crippen molar-refractivity contribution < 1.29 is 9.57 Å². The molecule has 2 aromatic rings. The van der Waals surface area contributed by atoms with E-state index < -0.39 is 0 Å². The molecule has 0 aliphatic heterocycles. The van der Waals surface area contributed by atoms with Crippen molar-refractivity contribution in [3.63, 3.8) is 0 Å². The first-order chi connectivity index (χ1) is 8.78. The van der Waals surface area contributed by atoms with Gasteiger partial charge in [0.2, 0.25) is 0 Å². The van der Waals surface area contributed by atoms with Crippen molar-refractivity contribution in [2.75, 3.05) is 7.11 Å². The third-order valence-corrected chi connectivity index (χ3v) is 2.54. The molecule has 2 aromatic carbocycles. The van der Waals surface area contributed by atoms with Crippen molar-refractivity contribution in [1.29, 1.82) is 0 Å². The number of methoxy groups -OCH3 is 1. The first-order valence-electron chi connectivity index (χ1n) is 5.38. The maximum absolute atomic E-state index is 5.76. The van der Waals surface area contributed by atoms with E-state index in [4.69, 9.17) is 21.2 Å². The second-order valence-electron chi connectivity index (χ2n) is 3.55. The molecular weight excluding hydrogens is 250 g/mol. The molecule has 0 fully saturated rings. The number of ether oxygens (including phenoxy) is 1. The van der Waals surface area contributed by atoms with Gasteiger partial charge in [0.25, 0.3) is 0 Å². The highest BCUT2D eigenvalue weighted by molar-refractivity contribution is 6.30. The monoisotopic (exact) mass is 261 g/mol. The number of nitrogens with zero attached hydrogens (tertiary/aromatic N) is 1. The first kappa shape index (κ1) is 12.5. The second kappa shape index (κ2) is 6.07. The summed E-state index contributed by atoms with van der Waals surface area (Å²) in [6.07, 6.45) is 1.63. The summed E-state index contributed by atoms with van der Waals surface area (Å²) in [5, 5.41) is 4.56. The van der Waals surface area contributed by atoms with Gasteiger partial charge in [-0.15, -0.1) is 0 Å². The number of rotatable bonds is 4. The van der Waals surface area contributed by atoms with Gasteiger partial charge in [-0.3, -0.25) is 0 Å². The molecule has 2 rings (SSSR count). The largest absolute Gasteiger partial charge is 0.497 e. The van der Waals surface area contributed by atoms with Crippen LogP contribution in [0.4, 0.5) is 0 Å². The van der Waals surface area contributed by atoms with Crippen molar-refractivity contribution >= 4 is 17.8 Å². The predicted molar refractivity (Wildman–Crippen MR) is 72.7 cm³/mol. The van der Waals surface area contributed by atoms with Gasteiger partial charge in [-0.25, -0.2) is 0 Å². The number of oxime groups is 1. The van der Waals surface area contributed by atoms with Gasteiger partial charge < -0.3 is 9.57 Å². The van der Waals surface area contributed by atoms with Gasteiger partial charge in [-0.2, -0.15) is 0 Å². The molecule has 0 aliphatic rings. The predicted octanol–water partition coefficient (Wildman–Crippen LogP) is 3.76. The van der Waals surface area contributed by atoms with E-state index in [-0.39, 0.29) is 0 Å². The SMILES string of the molecule is COc1ccc(/C=N\Oc2ccc(Cl)cc2)cc1. The number of benzene rings is 2. The van der Waals surface area contributed by atoms with Crippen LogP contribution < -0.4 is 9.57 Å². The zero-order valence-corrected chi connectivity index (χ0v) is 10.6. The lowest BCUT2D eigenvalue weighted by molar-refractivity contribution is 0.344. The minimum Gasteiger partial charge on any atom is -0.497 e. The lowest BCUT2D eigenvalue weighted by Crippen LogP contribution is -1.87. The van der Waals surface area contributed by atoms with Crippen LogP contribution >= 0.6 is 11.6 Å². The molecule has 92 valence electrons. The minimum atomic E-state index is 0.643. The Morgan fingerprint density at radius 3 is 2.17 bits per heavy atom. The van der Waals surface area contributed by atoms with Gasteiger partial charge in [0.15, 0.2) is 5.75 Å². The standard InChI is InChI=1S/C14H12ClNO2/c1-17-13-6-2-11(3-7-13)10-16-18-14-8-4-12(15)5-9-14/h2-10H,1H3/b16-10-. The summed E-state index contributed by atoms with van der Waals surface area (Å²) in [6.45, 7) is 0. The molecule has 0 saturated heterocycles. The van der Waals surface area contributed by atoms with E-state index >= 15 is 0 Å². The lowest BCUT2D eigenvalue weighted by Gasteiger charge is -1.99. The third kappa shape index (κ3) is 3.50. The summed E-state index contributed by atoms with van der Waals surface area (Å²) < 4.78 is 5.07. The fraction of sp³-hybridized carbons (Fsp3) is 0.0714. The van der Waals surface area contributed by atoms with Gasteiger partial charge in [0.1, 0.15) is 5.75 Å². The molecule has 0 bridgehead atoms. The summed E-state index contributed by atoms with van der Waals surface area (Å²) in [4.78, 5) is 5.20. The van der Waals surface area contributed by atoms with E-state index in [9.17, 15) is 0 Å². The Morgan fingerprint density at radius 1 is 0.944 bits per heavy atom. The van der Waals surface area contributed by atoms with Crippen LogP contribution in [0.3, 0.4) is 0 Å². The van der Waals surface area contributed by atoms with Gasteiger partial charge >= 0.3 is 0 Å². The second-order valence-corrected chi connectivity index (χ2v) is 3.99. The van der Waals surface area contributed by atoms with E-state index in [0.29, 0.717) is 10.8 Å². The Morgan fingerprint density at radius 2 is 1.56 bits per heavy atom. The van der Waals surface area contributed by atoms with E-state index in [1.807, 2.05) is 24.3 Å². The number of hydrogen-bond donors (Lipinski definition) is 0. The summed E-state index contributed by atoms with van der Waals surface area (Å²) in [5.74, 6) is 1.45. The lowest BCUT2D eigenvalue weighted by atomic mass is 10.2. The fourth-order valence-electron chi connectivity index (χ4n) is 1.33. The Hall–Kier alpha value is -2.00. The van der Waals surface area contributed by atoms with Crippen LogP contribution in [0.5, 0.6) is 11.5 Å². The quantitative estimate of drug-likeness (QED) is 0.620. The number of halogens is 1. The molecule has 4 heteroatoms. The summed E-state index contributed by atoms with van der Waals surface area (Å²) in [5.41, 5.74) is 0.935. The third-order valence-electron chi connectivity index (χ3n) is 2.29. The van der Waals surface area contributed by atoms with Crippen molar-refractivity contribution in [2.45, 2.75) is 0 Å². The molecule has 0 aliphatic carbocycles. The molecule has 3 nitrogen and oxygen atoms in total. The molecule has 0 unspecified atom stereocenters. The normalized spacial score (nSPS) is 10.6. The van der Waals surface area contributed by atoms with E-state index in [2.05, 4.69) is 5.16 Å². The fourth-order valence-corrected chi connectivity index (χ4v) is 1.46. The van der Waals surface area contributed by atoms with Crippen molar-refractivity contribution in [3.8, 4) is 11.5 Å². The summed E-state index contributed by atoms with van der Waals surface area (Å²) in [6, 6.07) is 14.5. The topological polar surface area (TPSA) is 30.8 Å².